The second-order valence-electron chi connectivity index (χ2n) is 3.82. The molecule has 1 aromatic rings. The van der Waals surface area contributed by atoms with Gasteiger partial charge in [0.1, 0.15) is 0 Å². The first-order chi connectivity index (χ1) is 5.87. The van der Waals surface area contributed by atoms with Gasteiger partial charge in [0.05, 0.1) is 0 Å². The van der Waals surface area contributed by atoms with Gasteiger partial charge in [-0.3, -0.25) is 0 Å². The van der Waals surface area contributed by atoms with Crippen LogP contribution in [0.1, 0.15) is 20.8 Å². The quantitative estimate of drug-likeness (QED) is 0.498. The Morgan fingerprint density at radius 1 is 1.23 bits per heavy atom. The number of halogens is 2. The van der Waals surface area contributed by atoms with Crippen molar-refractivity contribution in [2.45, 2.75) is 30.4 Å². The van der Waals surface area contributed by atoms with Gasteiger partial charge in [-0.15, -0.1) is 11.8 Å². The number of hydrogen-bond donors (Lipinski definition) is 0. The Bertz CT molecular complexity index is 284. The van der Waals surface area contributed by atoms with Crippen LogP contribution in [0, 0.1) is 3.57 Å². The van der Waals surface area contributed by atoms with E-state index >= 15 is 0 Å². The fourth-order valence-corrected chi connectivity index (χ4v) is 3.97. The van der Waals surface area contributed by atoms with Crippen molar-refractivity contribution in [1.29, 1.82) is 0 Å². The highest BCUT2D eigenvalue weighted by Crippen LogP contribution is 2.34. The molecule has 0 atom stereocenters. The van der Waals surface area contributed by atoms with E-state index in [0.29, 0.717) is 0 Å². The van der Waals surface area contributed by atoms with Crippen molar-refractivity contribution >= 4 is 50.3 Å². The Kier molecular flexibility index (Phi) is 4.13. The average molecular weight is 371 g/mol. The van der Waals surface area contributed by atoms with Gasteiger partial charge in [-0.25, -0.2) is 0 Å². The molecule has 0 amide bonds. The molecule has 0 nitrogen and oxygen atoms in total. The van der Waals surface area contributed by atoms with Crippen LogP contribution >= 0.6 is 50.3 Å². The second-order valence-corrected chi connectivity index (χ2v) is 7.88. The lowest BCUT2D eigenvalue weighted by Crippen LogP contribution is -2.06. The Hall–Kier alpha value is 0.780. The van der Waals surface area contributed by atoms with Crippen molar-refractivity contribution in [3.05, 3.63) is 26.2 Å². The molecule has 3 heteroatoms. The Labute approximate surface area is 106 Å². The normalized spacial score (nSPS) is 11.8. The molecule has 0 radical (unpaired) electrons. The third-order valence-corrected chi connectivity index (χ3v) is 3.42. The van der Waals surface area contributed by atoms with E-state index in [-0.39, 0.29) is 4.75 Å². The van der Waals surface area contributed by atoms with Gasteiger partial charge in [0.15, 0.2) is 0 Å². The van der Waals surface area contributed by atoms with Gasteiger partial charge in [0.25, 0.3) is 0 Å². The molecule has 0 unspecified atom stereocenters. The molecule has 1 rings (SSSR count). The van der Waals surface area contributed by atoms with Crippen LogP contribution in [0.5, 0.6) is 0 Å². The van der Waals surface area contributed by atoms with Crippen LogP contribution in [0.3, 0.4) is 0 Å². The zero-order valence-electron chi connectivity index (χ0n) is 7.90. The average Bonchev–Trinajstić information content (AvgIpc) is 1.78. The standard InChI is InChI=1S/C10H12BrIS/c1-10(2,3)13-9-5-7(11)4-8(12)6-9/h4-6H,1-3H3. The van der Waals surface area contributed by atoms with Crippen molar-refractivity contribution in [3.8, 4) is 0 Å². The Balaban J connectivity index is 2.90. The molecule has 72 valence electrons. The minimum absolute atomic E-state index is 0.282. The van der Waals surface area contributed by atoms with E-state index < -0.39 is 0 Å². The van der Waals surface area contributed by atoms with E-state index in [4.69, 9.17) is 0 Å². The van der Waals surface area contributed by atoms with Gasteiger partial charge in [0, 0.05) is 17.7 Å². The summed E-state index contributed by atoms with van der Waals surface area (Å²) in [6.07, 6.45) is 0. The minimum Gasteiger partial charge on any atom is -0.120 e. The molecule has 13 heavy (non-hydrogen) atoms. The monoisotopic (exact) mass is 370 g/mol. The molecule has 0 fully saturated rings. The van der Waals surface area contributed by atoms with Crippen molar-refractivity contribution < 1.29 is 0 Å². The smallest absolute Gasteiger partial charge is 0.0196 e. The second kappa shape index (κ2) is 4.53. The minimum atomic E-state index is 0.282. The van der Waals surface area contributed by atoms with Crippen molar-refractivity contribution in [2.75, 3.05) is 0 Å². The van der Waals surface area contributed by atoms with Crippen molar-refractivity contribution in [1.82, 2.24) is 0 Å². The Morgan fingerprint density at radius 2 is 1.85 bits per heavy atom. The van der Waals surface area contributed by atoms with Crippen LogP contribution in [0.25, 0.3) is 0 Å². The number of thioether (sulfide) groups is 1. The highest BCUT2D eigenvalue weighted by atomic mass is 127. The van der Waals surface area contributed by atoms with Crippen LogP contribution in [0.2, 0.25) is 0 Å². The molecule has 0 heterocycles. The van der Waals surface area contributed by atoms with Gasteiger partial charge >= 0.3 is 0 Å². The largest absolute Gasteiger partial charge is 0.120 e. The topological polar surface area (TPSA) is 0 Å². The van der Waals surface area contributed by atoms with Gasteiger partial charge in [-0.05, 0) is 40.8 Å². The fourth-order valence-electron chi connectivity index (χ4n) is 0.941. The van der Waals surface area contributed by atoms with Crippen molar-refractivity contribution in [3.63, 3.8) is 0 Å². The maximum atomic E-state index is 3.50. The summed E-state index contributed by atoms with van der Waals surface area (Å²) in [5, 5.41) is 0. The van der Waals surface area contributed by atoms with E-state index in [1.165, 1.54) is 8.47 Å². The van der Waals surface area contributed by atoms with Gasteiger partial charge in [-0.2, -0.15) is 0 Å². The highest BCUT2D eigenvalue weighted by Gasteiger charge is 2.12. The van der Waals surface area contributed by atoms with Gasteiger partial charge < -0.3 is 0 Å². The summed E-state index contributed by atoms with van der Waals surface area (Å²) >= 11 is 7.74. The van der Waals surface area contributed by atoms with E-state index in [2.05, 4.69) is 77.5 Å². The number of benzene rings is 1. The molecule has 0 saturated carbocycles. The lowest BCUT2D eigenvalue weighted by molar-refractivity contribution is 0.802. The lowest BCUT2D eigenvalue weighted by Gasteiger charge is -2.17. The first kappa shape index (κ1) is 11.9. The first-order valence-electron chi connectivity index (χ1n) is 4.02. The summed E-state index contributed by atoms with van der Waals surface area (Å²) in [6, 6.07) is 6.49. The van der Waals surface area contributed by atoms with Gasteiger partial charge in [-0.1, -0.05) is 36.7 Å². The van der Waals surface area contributed by atoms with Gasteiger partial charge in [0.2, 0.25) is 0 Å². The molecule has 1 aromatic carbocycles. The molecular weight excluding hydrogens is 359 g/mol. The molecule has 0 aliphatic rings. The van der Waals surface area contributed by atoms with Crippen LogP contribution in [0.4, 0.5) is 0 Å². The summed E-state index contributed by atoms with van der Waals surface area (Å²) in [4.78, 5) is 1.33. The summed E-state index contributed by atoms with van der Waals surface area (Å²) in [7, 11) is 0. The summed E-state index contributed by atoms with van der Waals surface area (Å²) in [5.41, 5.74) is 0. The fraction of sp³-hybridized carbons (Fsp3) is 0.400. The zero-order valence-corrected chi connectivity index (χ0v) is 12.5. The maximum Gasteiger partial charge on any atom is 0.0196 e. The SMILES string of the molecule is CC(C)(C)Sc1cc(Br)cc(I)c1. The number of hydrogen-bond acceptors (Lipinski definition) is 1. The molecule has 0 aromatic heterocycles. The molecule has 0 saturated heterocycles. The van der Waals surface area contributed by atoms with Crippen LogP contribution in [-0.2, 0) is 0 Å². The summed E-state index contributed by atoms with van der Waals surface area (Å²) in [6.45, 7) is 6.68. The third-order valence-electron chi connectivity index (χ3n) is 1.26. The summed E-state index contributed by atoms with van der Waals surface area (Å²) < 4.78 is 2.72. The number of rotatable bonds is 1. The predicted molar refractivity (Wildman–Crippen MR) is 72.5 cm³/mol. The van der Waals surface area contributed by atoms with E-state index in [9.17, 15) is 0 Å². The molecule has 0 spiro atoms. The van der Waals surface area contributed by atoms with Crippen LogP contribution in [0.15, 0.2) is 27.6 Å². The highest BCUT2D eigenvalue weighted by molar-refractivity contribution is 14.1. The molecule has 0 aliphatic heterocycles. The van der Waals surface area contributed by atoms with Crippen molar-refractivity contribution in [2.24, 2.45) is 0 Å². The zero-order chi connectivity index (χ0) is 10.1. The maximum absolute atomic E-state index is 3.50. The van der Waals surface area contributed by atoms with E-state index in [1.54, 1.807) is 0 Å². The van der Waals surface area contributed by atoms with Crippen LogP contribution in [-0.4, -0.2) is 4.75 Å². The first-order valence-corrected chi connectivity index (χ1v) is 6.71. The molecule has 0 N–H and O–H groups in total. The Morgan fingerprint density at radius 3 is 2.31 bits per heavy atom. The van der Waals surface area contributed by atoms with E-state index in [0.717, 1.165) is 4.47 Å². The predicted octanol–water partition coefficient (Wildman–Crippen LogP) is 4.94. The summed E-state index contributed by atoms with van der Waals surface area (Å²) in [5.74, 6) is 0. The molecule has 0 bridgehead atoms. The molecule has 0 aliphatic carbocycles. The lowest BCUT2D eigenvalue weighted by atomic mass is 10.3. The van der Waals surface area contributed by atoms with Crippen LogP contribution < -0.4 is 0 Å². The molecular formula is C10H12BrIS. The third kappa shape index (κ3) is 4.70. The van der Waals surface area contributed by atoms with E-state index in [1.807, 2.05) is 11.8 Å².